The monoisotopic (exact) mass is 310 g/mol. The summed E-state index contributed by atoms with van der Waals surface area (Å²) in [5.74, 6) is 0.482. The van der Waals surface area contributed by atoms with Crippen molar-refractivity contribution < 1.29 is 14.3 Å². The molecular formula is C18H15O3P. The molecule has 0 fully saturated rings. The molecule has 3 aromatic rings. The van der Waals surface area contributed by atoms with Crippen molar-refractivity contribution in [2.45, 2.75) is 0 Å². The first-order chi connectivity index (χ1) is 10.8. The van der Waals surface area contributed by atoms with Gasteiger partial charge in [0.15, 0.2) is 0 Å². The van der Waals surface area contributed by atoms with E-state index in [-0.39, 0.29) is 0 Å². The largest absolute Gasteiger partial charge is 0.426 e. The summed E-state index contributed by atoms with van der Waals surface area (Å²) in [6.45, 7) is 0. The lowest BCUT2D eigenvalue weighted by molar-refractivity contribution is 0.376. The number of para-hydroxylation sites is 1. The molecule has 0 aromatic heterocycles. The first-order valence-electron chi connectivity index (χ1n) is 6.85. The SMILES string of the molecule is OP(O)Oc1c(-c2ccccc2)cccc1-c1ccccc1. The quantitative estimate of drug-likeness (QED) is 0.692. The molecule has 0 saturated carbocycles. The number of benzene rings is 3. The molecule has 0 atom stereocenters. The molecule has 0 amide bonds. The fourth-order valence-electron chi connectivity index (χ4n) is 2.41. The van der Waals surface area contributed by atoms with E-state index < -0.39 is 8.60 Å². The molecule has 0 radical (unpaired) electrons. The molecule has 0 saturated heterocycles. The lowest BCUT2D eigenvalue weighted by Crippen LogP contribution is -1.93. The third-order valence-corrected chi connectivity index (χ3v) is 3.70. The maximum atomic E-state index is 9.35. The lowest BCUT2D eigenvalue weighted by Gasteiger charge is -2.16. The van der Waals surface area contributed by atoms with Gasteiger partial charge in [-0.25, -0.2) is 0 Å². The summed E-state index contributed by atoms with van der Waals surface area (Å²) in [4.78, 5) is 18.7. The molecule has 0 aliphatic rings. The van der Waals surface area contributed by atoms with Crippen LogP contribution in [0.3, 0.4) is 0 Å². The van der Waals surface area contributed by atoms with Gasteiger partial charge in [0.25, 0.3) is 0 Å². The topological polar surface area (TPSA) is 49.7 Å². The van der Waals surface area contributed by atoms with Gasteiger partial charge in [-0.05, 0) is 11.1 Å². The third-order valence-electron chi connectivity index (χ3n) is 3.36. The van der Waals surface area contributed by atoms with Gasteiger partial charge < -0.3 is 14.3 Å². The molecule has 0 bridgehead atoms. The Morgan fingerprint density at radius 2 is 1.05 bits per heavy atom. The molecule has 3 aromatic carbocycles. The summed E-state index contributed by atoms with van der Waals surface area (Å²) in [6, 6.07) is 25.3. The van der Waals surface area contributed by atoms with Crippen LogP contribution >= 0.6 is 8.60 Å². The van der Waals surface area contributed by atoms with E-state index in [4.69, 9.17) is 4.52 Å². The van der Waals surface area contributed by atoms with Gasteiger partial charge in [-0.2, -0.15) is 0 Å². The van der Waals surface area contributed by atoms with Gasteiger partial charge in [0.2, 0.25) is 0 Å². The number of rotatable bonds is 4. The van der Waals surface area contributed by atoms with Gasteiger partial charge >= 0.3 is 8.60 Å². The van der Waals surface area contributed by atoms with Gasteiger partial charge in [-0.1, -0.05) is 78.9 Å². The number of hydrogen-bond donors (Lipinski definition) is 2. The molecule has 0 spiro atoms. The Labute approximate surface area is 130 Å². The smallest absolute Gasteiger partial charge is 0.391 e. The van der Waals surface area contributed by atoms with Crippen molar-refractivity contribution in [1.82, 2.24) is 0 Å². The van der Waals surface area contributed by atoms with Crippen LogP contribution in [0.1, 0.15) is 0 Å². The number of hydrogen-bond acceptors (Lipinski definition) is 3. The summed E-state index contributed by atoms with van der Waals surface area (Å²) in [5.41, 5.74) is 3.59. The van der Waals surface area contributed by atoms with Gasteiger partial charge in [-0.3, -0.25) is 0 Å². The van der Waals surface area contributed by atoms with E-state index in [0.29, 0.717) is 5.75 Å². The van der Waals surface area contributed by atoms with E-state index in [1.807, 2.05) is 78.9 Å². The van der Waals surface area contributed by atoms with Crippen LogP contribution in [-0.2, 0) is 0 Å². The molecule has 0 heterocycles. The Bertz CT molecular complexity index is 685. The minimum absolute atomic E-state index is 0.482. The molecule has 0 aliphatic heterocycles. The van der Waals surface area contributed by atoms with Crippen molar-refractivity contribution in [1.29, 1.82) is 0 Å². The molecular weight excluding hydrogens is 295 g/mol. The normalized spacial score (nSPS) is 10.7. The first-order valence-corrected chi connectivity index (χ1v) is 8.02. The zero-order valence-corrected chi connectivity index (χ0v) is 12.6. The van der Waals surface area contributed by atoms with Crippen LogP contribution in [0.4, 0.5) is 0 Å². The zero-order chi connectivity index (χ0) is 15.4. The highest BCUT2D eigenvalue weighted by atomic mass is 31.2. The average molecular weight is 310 g/mol. The second-order valence-corrected chi connectivity index (χ2v) is 5.45. The fraction of sp³-hybridized carbons (Fsp3) is 0. The summed E-state index contributed by atoms with van der Waals surface area (Å²) >= 11 is 0. The minimum atomic E-state index is -2.49. The Kier molecular flexibility index (Phi) is 4.50. The highest BCUT2D eigenvalue weighted by molar-refractivity contribution is 7.39. The average Bonchev–Trinajstić information content (AvgIpc) is 2.56. The summed E-state index contributed by atoms with van der Waals surface area (Å²) in [5, 5.41) is 0. The van der Waals surface area contributed by atoms with Crippen molar-refractivity contribution >= 4 is 8.60 Å². The maximum Gasteiger partial charge on any atom is 0.391 e. The zero-order valence-electron chi connectivity index (χ0n) is 11.8. The van der Waals surface area contributed by atoms with Gasteiger partial charge in [-0.15, -0.1) is 0 Å². The van der Waals surface area contributed by atoms with Crippen LogP contribution in [-0.4, -0.2) is 9.79 Å². The molecule has 22 heavy (non-hydrogen) atoms. The van der Waals surface area contributed by atoms with Gasteiger partial charge in [0.05, 0.1) is 0 Å². The second kappa shape index (κ2) is 6.71. The predicted molar refractivity (Wildman–Crippen MR) is 89.3 cm³/mol. The van der Waals surface area contributed by atoms with Crippen LogP contribution in [0.5, 0.6) is 5.75 Å². The summed E-state index contributed by atoms with van der Waals surface area (Å²) in [6.07, 6.45) is 0. The summed E-state index contributed by atoms with van der Waals surface area (Å²) in [7, 11) is -2.49. The van der Waals surface area contributed by atoms with Crippen molar-refractivity contribution in [3.63, 3.8) is 0 Å². The molecule has 4 heteroatoms. The van der Waals surface area contributed by atoms with Crippen molar-refractivity contribution in [2.24, 2.45) is 0 Å². The highest BCUT2D eigenvalue weighted by Gasteiger charge is 2.16. The van der Waals surface area contributed by atoms with Crippen molar-refractivity contribution in [2.75, 3.05) is 0 Å². The molecule has 3 rings (SSSR count). The molecule has 2 N–H and O–H groups in total. The van der Waals surface area contributed by atoms with Crippen molar-refractivity contribution in [3.05, 3.63) is 78.9 Å². The van der Waals surface area contributed by atoms with Crippen molar-refractivity contribution in [3.8, 4) is 28.0 Å². The van der Waals surface area contributed by atoms with E-state index in [1.165, 1.54) is 0 Å². The first kappa shape index (κ1) is 14.7. The minimum Gasteiger partial charge on any atom is -0.426 e. The second-order valence-electron chi connectivity index (χ2n) is 4.76. The third kappa shape index (κ3) is 3.18. The van der Waals surface area contributed by atoms with Crippen LogP contribution in [0.15, 0.2) is 78.9 Å². The maximum absolute atomic E-state index is 9.35. The molecule has 0 aliphatic carbocycles. The fourth-order valence-corrected chi connectivity index (χ4v) is 2.77. The highest BCUT2D eigenvalue weighted by Crippen LogP contribution is 2.43. The van der Waals surface area contributed by atoms with E-state index in [2.05, 4.69) is 0 Å². The van der Waals surface area contributed by atoms with E-state index in [0.717, 1.165) is 22.3 Å². The van der Waals surface area contributed by atoms with Crippen LogP contribution in [0.25, 0.3) is 22.3 Å². The van der Waals surface area contributed by atoms with E-state index >= 15 is 0 Å². The molecule has 3 nitrogen and oxygen atoms in total. The standard InChI is InChI=1S/C18H15O3P/c19-22(20)21-18-16(14-8-3-1-4-9-14)12-7-13-17(18)15-10-5-2-6-11-15/h1-13,19-20H. The Hall–Kier alpha value is -2.19. The van der Waals surface area contributed by atoms with Crippen LogP contribution in [0, 0.1) is 0 Å². The summed E-state index contributed by atoms with van der Waals surface area (Å²) < 4.78 is 5.36. The van der Waals surface area contributed by atoms with E-state index in [1.54, 1.807) is 0 Å². The van der Waals surface area contributed by atoms with Crippen LogP contribution in [0.2, 0.25) is 0 Å². The molecule has 110 valence electrons. The van der Waals surface area contributed by atoms with Crippen LogP contribution < -0.4 is 4.52 Å². The van der Waals surface area contributed by atoms with Gasteiger partial charge in [0.1, 0.15) is 5.75 Å². The molecule has 0 unspecified atom stereocenters. The predicted octanol–water partition coefficient (Wildman–Crippen LogP) is 4.61. The lowest BCUT2D eigenvalue weighted by atomic mass is 9.97. The Balaban J connectivity index is 2.19. The van der Waals surface area contributed by atoms with E-state index in [9.17, 15) is 9.79 Å². The van der Waals surface area contributed by atoms with Gasteiger partial charge in [0, 0.05) is 11.1 Å². The Morgan fingerprint density at radius 3 is 1.45 bits per heavy atom. The Morgan fingerprint density at radius 1 is 0.591 bits per heavy atom.